The van der Waals surface area contributed by atoms with Gasteiger partial charge in [-0.05, 0) is 55.8 Å². The van der Waals surface area contributed by atoms with Crippen LogP contribution >= 0.6 is 0 Å². The van der Waals surface area contributed by atoms with Gasteiger partial charge in [-0.25, -0.2) is 0 Å². The molecule has 4 bridgehead atoms. The van der Waals surface area contributed by atoms with Gasteiger partial charge in [-0.15, -0.1) is 10.1 Å². The fraction of sp³-hybridized carbons (Fsp3) is 1.00. The Morgan fingerprint density at radius 2 is 1.50 bits per heavy atom. The topological polar surface area (TPSA) is 52.4 Å². The van der Waals surface area contributed by atoms with Crippen LogP contribution in [0.4, 0.5) is 0 Å². The molecule has 4 heteroatoms. The Bertz CT molecular complexity index is 238. The van der Waals surface area contributed by atoms with Crippen molar-refractivity contribution in [1.29, 1.82) is 0 Å². The SMILES string of the molecule is O=[N+]([O-])OC1C2CC3CC(C2)CC1C3. The van der Waals surface area contributed by atoms with Gasteiger partial charge in [0.05, 0.1) is 0 Å². The molecule has 4 saturated carbocycles. The van der Waals surface area contributed by atoms with Crippen LogP contribution in [0.25, 0.3) is 0 Å². The molecule has 0 aliphatic heterocycles. The molecule has 14 heavy (non-hydrogen) atoms. The molecule has 4 rings (SSSR count). The summed E-state index contributed by atoms with van der Waals surface area (Å²) in [5.41, 5.74) is 0. The molecule has 4 nitrogen and oxygen atoms in total. The molecular weight excluding hydrogens is 182 g/mol. The maximum atomic E-state index is 10.4. The normalized spacial score (nSPS) is 49.3. The first kappa shape index (κ1) is 8.50. The summed E-state index contributed by atoms with van der Waals surface area (Å²) in [6.45, 7) is 0. The monoisotopic (exact) mass is 197 g/mol. The second-order valence-corrected chi connectivity index (χ2v) is 5.22. The van der Waals surface area contributed by atoms with Gasteiger partial charge in [0.25, 0.3) is 5.09 Å². The quantitative estimate of drug-likeness (QED) is 0.502. The second-order valence-electron chi connectivity index (χ2n) is 5.22. The molecule has 0 radical (unpaired) electrons. The van der Waals surface area contributed by atoms with Crippen molar-refractivity contribution in [1.82, 2.24) is 0 Å². The molecule has 0 aromatic carbocycles. The fourth-order valence-electron chi connectivity index (χ4n) is 4.15. The van der Waals surface area contributed by atoms with Gasteiger partial charge >= 0.3 is 0 Å². The van der Waals surface area contributed by atoms with E-state index in [1.54, 1.807) is 0 Å². The molecule has 4 aliphatic rings. The fourth-order valence-corrected chi connectivity index (χ4v) is 4.15. The Morgan fingerprint density at radius 3 is 1.93 bits per heavy atom. The Morgan fingerprint density at radius 1 is 1.00 bits per heavy atom. The summed E-state index contributed by atoms with van der Waals surface area (Å²) in [7, 11) is 0. The molecule has 0 heterocycles. The van der Waals surface area contributed by atoms with Crippen molar-refractivity contribution in [2.24, 2.45) is 23.7 Å². The van der Waals surface area contributed by atoms with Crippen molar-refractivity contribution in [3.05, 3.63) is 10.1 Å². The summed E-state index contributed by atoms with van der Waals surface area (Å²) < 4.78 is 0. The Hall–Kier alpha value is -0.800. The molecule has 4 aliphatic carbocycles. The van der Waals surface area contributed by atoms with E-state index in [4.69, 9.17) is 4.84 Å². The highest BCUT2D eigenvalue weighted by molar-refractivity contribution is 4.98. The summed E-state index contributed by atoms with van der Waals surface area (Å²) in [6.07, 6.45) is 5.99. The Kier molecular flexibility index (Phi) is 1.73. The van der Waals surface area contributed by atoms with Crippen LogP contribution < -0.4 is 0 Å². The van der Waals surface area contributed by atoms with E-state index in [2.05, 4.69) is 0 Å². The molecule has 0 spiro atoms. The van der Waals surface area contributed by atoms with Crippen LogP contribution in [0, 0.1) is 33.8 Å². The first-order valence-corrected chi connectivity index (χ1v) is 5.53. The third-order valence-corrected chi connectivity index (χ3v) is 4.35. The lowest BCUT2D eigenvalue weighted by molar-refractivity contribution is -0.774. The average Bonchev–Trinajstić information content (AvgIpc) is 2.09. The van der Waals surface area contributed by atoms with E-state index in [0.29, 0.717) is 11.8 Å². The lowest BCUT2D eigenvalue weighted by Crippen LogP contribution is -2.49. The minimum absolute atomic E-state index is 0.0715. The van der Waals surface area contributed by atoms with E-state index in [-0.39, 0.29) is 6.10 Å². The molecule has 0 atom stereocenters. The summed E-state index contributed by atoms with van der Waals surface area (Å²) in [6, 6.07) is 0. The zero-order chi connectivity index (χ0) is 9.71. The van der Waals surface area contributed by atoms with Gasteiger partial charge in [-0.1, -0.05) is 0 Å². The van der Waals surface area contributed by atoms with E-state index in [9.17, 15) is 10.1 Å². The Balaban J connectivity index is 1.77. The second kappa shape index (κ2) is 2.84. The van der Waals surface area contributed by atoms with Crippen LogP contribution in [0.5, 0.6) is 0 Å². The van der Waals surface area contributed by atoms with E-state index in [1.807, 2.05) is 0 Å². The number of hydrogen-bond donors (Lipinski definition) is 0. The van der Waals surface area contributed by atoms with Crippen molar-refractivity contribution in [2.75, 3.05) is 0 Å². The van der Waals surface area contributed by atoms with E-state index in [1.165, 1.54) is 32.1 Å². The lowest BCUT2D eigenvalue weighted by atomic mass is 9.55. The number of nitrogens with zero attached hydrogens (tertiary/aromatic N) is 1. The minimum Gasteiger partial charge on any atom is -0.310 e. The summed E-state index contributed by atoms with van der Waals surface area (Å²) >= 11 is 0. The van der Waals surface area contributed by atoms with Crippen LogP contribution in [0.15, 0.2) is 0 Å². The van der Waals surface area contributed by atoms with E-state index < -0.39 is 5.09 Å². The van der Waals surface area contributed by atoms with Crippen LogP contribution in [0.3, 0.4) is 0 Å². The van der Waals surface area contributed by atoms with Crippen molar-refractivity contribution in [3.8, 4) is 0 Å². The molecule has 0 saturated heterocycles. The summed E-state index contributed by atoms with van der Waals surface area (Å²) in [4.78, 5) is 15.2. The predicted molar refractivity (Wildman–Crippen MR) is 48.9 cm³/mol. The van der Waals surface area contributed by atoms with Gasteiger partial charge in [-0.3, -0.25) is 0 Å². The highest BCUT2D eigenvalue weighted by Gasteiger charge is 2.49. The van der Waals surface area contributed by atoms with Crippen LogP contribution in [-0.4, -0.2) is 11.2 Å². The van der Waals surface area contributed by atoms with Gasteiger partial charge < -0.3 is 4.84 Å². The van der Waals surface area contributed by atoms with E-state index in [0.717, 1.165) is 11.8 Å². The average molecular weight is 197 g/mol. The lowest BCUT2D eigenvalue weighted by Gasteiger charge is -2.53. The van der Waals surface area contributed by atoms with Gasteiger partial charge in [-0.2, -0.15) is 0 Å². The Labute approximate surface area is 82.7 Å². The van der Waals surface area contributed by atoms with E-state index >= 15 is 0 Å². The first-order valence-electron chi connectivity index (χ1n) is 5.53. The molecule has 0 aromatic rings. The molecule has 0 amide bonds. The maximum absolute atomic E-state index is 10.4. The van der Waals surface area contributed by atoms with Crippen molar-refractivity contribution in [3.63, 3.8) is 0 Å². The molecular formula is C10H15NO3. The number of rotatable bonds is 2. The third-order valence-electron chi connectivity index (χ3n) is 4.35. The molecule has 4 fully saturated rings. The first-order chi connectivity index (χ1) is 6.72. The highest BCUT2D eigenvalue weighted by atomic mass is 17.0. The maximum Gasteiger partial charge on any atom is 0.294 e. The van der Waals surface area contributed by atoms with Gasteiger partial charge in [0, 0.05) is 0 Å². The van der Waals surface area contributed by atoms with Crippen LogP contribution in [0.2, 0.25) is 0 Å². The van der Waals surface area contributed by atoms with Crippen LogP contribution in [0.1, 0.15) is 32.1 Å². The molecule has 0 aromatic heterocycles. The molecule has 0 N–H and O–H groups in total. The summed E-state index contributed by atoms with van der Waals surface area (Å²) in [5, 5.41) is 9.78. The number of hydrogen-bond acceptors (Lipinski definition) is 3. The highest BCUT2D eigenvalue weighted by Crippen LogP contribution is 2.54. The molecule has 78 valence electrons. The van der Waals surface area contributed by atoms with Gasteiger partial charge in [0.1, 0.15) is 6.10 Å². The zero-order valence-corrected chi connectivity index (χ0v) is 8.09. The largest absolute Gasteiger partial charge is 0.310 e. The standard InChI is InChI=1S/C10H15NO3/c12-11(13)14-10-8-2-6-1-7(4-8)5-9(10)3-6/h6-10H,1-5H2. The van der Waals surface area contributed by atoms with Crippen molar-refractivity contribution < 1.29 is 9.92 Å². The van der Waals surface area contributed by atoms with Gasteiger partial charge in [0.2, 0.25) is 0 Å². The van der Waals surface area contributed by atoms with Crippen molar-refractivity contribution in [2.45, 2.75) is 38.2 Å². The molecule has 0 unspecified atom stereocenters. The smallest absolute Gasteiger partial charge is 0.294 e. The van der Waals surface area contributed by atoms with Gasteiger partial charge in [0.15, 0.2) is 0 Å². The zero-order valence-electron chi connectivity index (χ0n) is 8.09. The van der Waals surface area contributed by atoms with Crippen molar-refractivity contribution >= 4 is 0 Å². The minimum atomic E-state index is -0.590. The van der Waals surface area contributed by atoms with Crippen LogP contribution in [-0.2, 0) is 4.84 Å². The summed E-state index contributed by atoms with van der Waals surface area (Å²) in [5.74, 6) is 2.67. The third kappa shape index (κ3) is 1.20. The predicted octanol–water partition coefficient (Wildman–Crippen LogP) is 2.02.